The first-order valence-corrected chi connectivity index (χ1v) is 10.4. The molecule has 0 aromatic heterocycles. The Morgan fingerprint density at radius 2 is 1.93 bits per heavy atom. The van der Waals surface area contributed by atoms with E-state index in [4.69, 9.17) is 32.7 Å². The fourth-order valence-corrected chi connectivity index (χ4v) is 3.72. The summed E-state index contributed by atoms with van der Waals surface area (Å²) >= 11 is 12.5. The van der Waals surface area contributed by atoms with E-state index in [1.54, 1.807) is 13.2 Å². The lowest BCUT2D eigenvalue weighted by Gasteiger charge is -2.27. The number of methoxy groups -OCH3 is 1. The smallest absolute Gasteiger partial charge is 0.180 e. The maximum absolute atomic E-state index is 13.2. The minimum absolute atomic E-state index is 0.164. The van der Waals surface area contributed by atoms with Crippen LogP contribution >= 0.6 is 23.2 Å². The highest BCUT2D eigenvalue weighted by Crippen LogP contribution is 2.37. The number of benzene rings is 2. The van der Waals surface area contributed by atoms with E-state index in [1.807, 2.05) is 12.1 Å². The Balaban J connectivity index is 1.56. The first kappa shape index (κ1) is 22.1. The number of piperazine rings is 1. The van der Waals surface area contributed by atoms with Gasteiger partial charge in [-0.2, -0.15) is 0 Å². The average Bonchev–Trinajstić information content (AvgIpc) is 2.72. The third-order valence-electron chi connectivity index (χ3n) is 4.82. The van der Waals surface area contributed by atoms with E-state index in [0.29, 0.717) is 33.7 Å². The second kappa shape index (κ2) is 11.0. The molecular weight excluding hydrogens is 416 g/mol. The zero-order valence-electron chi connectivity index (χ0n) is 16.4. The summed E-state index contributed by atoms with van der Waals surface area (Å²) in [5, 5.41) is 7.57. The molecule has 3 rings (SSSR count). The molecule has 0 aliphatic carbocycles. The molecule has 0 bridgehead atoms. The van der Waals surface area contributed by atoms with Crippen LogP contribution in [0.4, 0.5) is 4.39 Å². The molecule has 1 aliphatic rings. The van der Waals surface area contributed by atoms with Crippen molar-refractivity contribution in [3.05, 3.63) is 57.3 Å². The number of hydrogen-bond donors (Lipinski definition) is 2. The first-order valence-electron chi connectivity index (χ1n) is 9.63. The largest absolute Gasteiger partial charge is 0.493 e. The van der Waals surface area contributed by atoms with Crippen LogP contribution in [0.3, 0.4) is 0 Å². The van der Waals surface area contributed by atoms with Gasteiger partial charge in [0.2, 0.25) is 0 Å². The third kappa shape index (κ3) is 6.46. The molecule has 2 N–H and O–H groups in total. The molecule has 1 fully saturated rings. The number of ether oxygens (including phenoxy) is 2. The Morgan fingerprint density at radius 1 is 1.14 bits per heavy atom. The number of hydrogen-bond acceptors (Lipinski definition) is 5. The van der Waals surface area contributed by atoms with E-state index in [2.05, 4.69) is 15.5 Å². The van der Waals surface area contributed by atoms with Crippen LogP contribution < -0.4 is 20.1 Å². The van der Waals surface area contributed by atoms with Crippen molar-refractivity contribution in [3.8, 4) is 11.5 Å². The summed E-state index contributed by atoms with van der Waals surface area (Å²) in [4.78, 5) is 2.44. The average molecular weight is 442 g/mol. The normalized spacial score (nSPS) is 14.8. The lowest BCUT2D eigenvalue weighted by Crippen LogP contribution is -2.45. The van der Waals surface area contributed by atoms with Crippen LogP contribution in [0.15, 0.2) is 30.3 Å². The van der Waals surface area contributed by atoms with Crippen LogP contribution in [0.1, 0.15) is 11.1 Å². The van der Waals surface area contributed by atoms with Crippen molar-refractivity contribution in [3.63, 3.8) is 0 Å². The van der Waals surface area contributed by atoms with Gasteiger partial charge < -0.3 is 20.1 Å². The predicted molar refractivity (Wildman–Crippen MR) is 115 cm³/mol. The van der Waals surface area contributed by atoms with E-state index in [1.165, 1.54) is 12.1 Å². The van der Waals surface area contributed by atoms with Gasteiger partial charge in [-0.15, -0.1) is 0 Å². The van der Waals surface area contributed by atoms with E-state index in [9.17, 15) is 4.39 Å². The van der Waals surface area contributed by atoms with Crippen LogP contribution in [0, 0.1) is 5.82 Å². The third-order valence-corrected chi connectivity index (χ3v) is 5.45. The minimum atomic E-state index is -0.386. The highest BCUT2D eigenvalue weighted by atomic mass is 35.5. The lowest BCUT2D eigenvalue weighted by atomic mass is 10.2. The van der Waals surface area contributed by atoms with Crippen LogP contribution in [0.5, 0.6) is 11.5 Å². The summed E-state index contributed by atoms with van der Waals surface area (Å²) in [6.07, 6.45) is 0. The zero-order chi connectivity index (χ0) is 20.6. The fraction of sp³-hybridized carbons (Fsp3) is 0.429. The van der Waals surface area contributed by atoms with Gasteiger partial charge >= 0.3 is 0 Å². The molecule has 1 heterocycles. The summed E-state index contributed by atoms with van der Waals surface area (Å²) in [7, 11) is 1.57. The lowest BCUT2D eigenvalue weighted by molar-refractivity contribution is 0.241. The summed E-state index contributed by atoms with van der Waals surface area (Å²) < 4.78 is 24.5. The summed E-state index contributed by atoms with van der Waals surface area (Å²) in [6.45, 7) is 7.06. The van der Waals surface area contributed by atoms with E-state index < -0.39 is 0 Å². The fourth-order valence-electron chi connectivity index (χ4n) is 3.21. The van der Waals surface area contributed by atoms with Gasteiger partial charge in [-0.1, -0.05) is 29.3 Å². The molecule has 8 heteroatoms. The van der Waals surface area contributed by atoms with Crippen LogP contribution in [0.25, 0.3) is 0 Å². The summed E-state index contributed by atoms with van der Waals surface area (Å²) in [5.41, 5.74) is 1.68. The van der Waals surface area contributed by atoms with Crippen LogP contribution in [-0.4, -0.2) is 51.3 Å². The maximum atomic E-state index is 13.2. The van der Waals surface area contributed by atoms with E-state index in [-0.39, 0.29) is 12.4 Å². The first-order chi connectivity index (χ1) is 14.1. The summed E-state index contributed by atoms with van der Waals surface area (Å²) in [6, 6.07) is 7.97. The Labute approximate surface area is 181 Å². The highest BCUT2D eigenvalue weighted by molar-refractivity contribution is 6.32. The molecule has 0 radical (unpaired) electrons. The molecule has 2 aromatic rings. The second-order valence-electron chi connectivity index (χ2n) is 6.90. The van der Waals surface area contributed by atoms with E-state index >= 15 is 0 Å². The molecule has 0 amide bonds. The predicted octanol–water partition coefficient (Wildman–Crippen LogP) is 3.71. The van der Waals surface area contributed by atoms with Gasteiger partial charge in [-0.3, -0.25) is 4.90 Å². The minimum Gasteiger partial charge on any atom is -0.493 e. The molecular formula is C21H26Cl2FN3O2. The number of halogens is 3. The van der Waals surface area contributed by atoms with Gasteiger partial charge in [0.1, 0.15) is 12.4 Å². The molecule has 0 atom stereocenters. The van der Waals surface area contributed by atoms with Gasteiger partial charge in [0.25, 0.3) is 0 Å². The molecule has 0 saturated carbocycles. The van der Waals surface area contributed by atoms with Crippen LogP contribution in [0.2, 0.25) is 10.0 Å². The SMILES string of the molecule is COc1cc(CNCCN2CCNCC2)cc(Cl)c1OCc1ccc(F)cc1Cl. The molecule has 29 heavy (non-hydrogen) atoms. The maximum Gasteiger partial charge on any atom is 0.180 e. The van der Waals surface area contributed by atoms with Gasteiger partial charge in [-0.05, 0) is 29.8 Å². The molecule has 2 aromatic carbocycles. The van der Waals surface area contributed by atoms with Crippen molar-refractivity contribution in [2.24, 2.45) is 0 Å². The molecule has 1 aliphatic heterocycles. The standard InChI is InChI=1S/C21H26Cl2FN3O2/c1-28-20-11-15(13-26-6-9-27-7-4-25-5-8-27)10-19(23)21(20)29-14-16-2-3-17(24)12-18(16)22/h2-3,10-12,25-26H,4-9,13-14H2,1H3. The van der Waals surface area contributed by atoms with Crippen molar-refractivity contribution < 1.29 is 13.9 Å². The Morgan fingerprint density at radius 3 is 2.66 bits per heavy atom. The monoisotopic (exact) mass is 441 g/mol. The Kier molecular flexibility index (Phi) is 8.39. The molecule has 0 spiro atoms. The van der Waals surface area contributed by atoms with Gasteiger partial charge in [0, 0.05) is 51.4 Å². The van der Waals surface area contributed by atoms with Crippen molar-refractivity contribution in [1.82, 2.24) is 15.5 Å². The molecule has 1 saturated heterocycles. The van der Waals surface area contributed by atoms with Crippen molar-refractivity contribution in [2.45, 2.75) is 13.2 Å². The van der Waals surface area contributed by atoms with Crippen LogP contribution in [-0.2, 0) is 13.2 Å². The topological polar surface area (TPSA) is 45.8 Å². The Hall–Kier alpha value is -1.57. The van der Waals surface area contributed by atoms with Crippen molar-refractivity contribution in [1.29, 1.82) is 0 Å². The quantitative estimate of drug-likeness (QED) is 0.580. The van der Waals surface area contributed by atoms with Crippen molar-refractivity contribution in [2.75, 3.05) is 46.4 Å². The van der Waals surface area contributed by atoms with Gasteiger partial charge in [-0.25, -0.2) is 4.39 Å². The van der Waals surface area contributed by atoms with Gasteiger partial charge in [0.05, 0.1) is 17.2 Å². The Bertz CT molecular complexity index is 817. The van der Waals surface area contributed by atoms with Gasteiger partial charge in [0.15, 0.2) is 11.5 Å². The second-order valence-corrected chi connectivity index (χ2v) is 7.72. The number of nitrogens with one attached hydrogen (secondary N) is 2. The molecule has 5 nitrogen and oxygen atoms in total. The molecule has 158 valence electrons. The zero-order valence-corrected chi connectivity index (χ0v) is 18.0. The number of nitrogens with zero attached hydrogens (tertiary/aromatic N) is 1. The van der Waals surface area contributed by atoms with Crippen molar-refractivity contribution >= 4 is 23.2 Å². The summed E-state index contributed by atoms with van der Waals surface area (Å²) in [5.74, 6) is 0.608. The number of rotatable bonds is 9. The van der Waals surface area contributed by atoms with E-state index in [0.717, 1.165) is 44.8 Å². The molecule has 0 unspecified atom stereocenters. The highest BCUT2D eigenvalue weighted by Gasteiger charge is 2.14.